The predicted octanol–water partition coefficient (Wildman–Crippen LogP) is 2.94. The van der Waals surface area contributed by atoms with E-state index in [0.29, 0.717) is 13.2 Å². The van der Waals surface area contributed by atoms with Crippen LogP contribution < -0.4 is 10.6 Å². The van der Waals surface area contributed by atoms with Gasteiger partial charge in [-0.15, -0.1) is 0 Å². The first-order chi connectivity index (χ1) is 10.2. The zero-order valence-corrected chi connectivity index (χ0v) is 13.1. The normalized spacial score (nSPS) is 21.4. The first-order valence-corrected chi connectivity index (χ1v) is 7.89. The summed E-state index contributed by atoms with van der Waals surface area (Å²) < 4.78 is 5.48. The lowest BCUT2D eigenvalue weighted by Gasteiger charge is -2.27. The highest BCUT2D eigenvalue weighted by Gasteiger charge is 2.40. The summed E-state index contributed by atoms with van der Waals surface area (Å²) in [7, 11) is 0. The van der Waals surface area contributed by atoms with Gasteiger partial charge in [0.05, 0.1) is 12.0 Å². The van der Waals surface area contributed by atoms with Crippen LogP contribution in [0.4, 0.5) is 5.69 Å². The lowest BCUT2D eigenvalue weighted by Crippen LogP contribution is -2.38. The van der Waals surface area contributed by atoms with Crippen LogP contribution in [0.25, 0.3) is 0 Å². The van der Waals surface area contributed by atoms with E-state index in [2.05, 4.69) is 17.6 Å². The van der Waals surface area contributed by atoms with E-state index in [1.54, 1.807) is 0 Å². The number of anilines is 1. The maximum Gasteiger partial charge on any atom is 0.231 e. The predicted molar refractivity (Wildman–Crippen MR) is 85.2 cm³/mol. The van der Waals surface area contributed by atoms with Crippen molar-refractivity contribution in [3.05, 3.63) is 29.8 Å². The highest BCUT2D eigenvalue weighted by molar-refractivity contribution is 5.96. The summed E-state index contributed by atoms with van der Waals surface area (Å²) in [6.45, 7) is 7.02. The Morgan fingerprint density at radius 2 is 2.19 bits per heavy atom. The van der Waals surface area contributed by atoms with Crippen LogP contribution in [0.2, 0.25) is 0 Å². The summed E-state index contributed by atoms with van der Waals surface area (Å²) in [6, 6.07) is 7.88. The van der Waals surface area contributed by atoms with E-state index in [0.717, 1.165) is 43.6 Å². The number of carbonyl (C=O) groups excluding carboxylic acids is 1. The number of carbonyl (C=O) groups is 1. The van der Waals surface area contributed by atoms with Gasteiger partial charge in [-0.2, -0.15) is 0 Å². The Labute approximate surface area is 127 Å². The Morgan fingerprint density at radius 3 is 2.86 bits per heavy atom. The molecule has 116 valence electrons. The highest BCUT2D eigenvalue weighted by atomic mass is 16.5. The average molecular weight is 290 g/mol. The Bertz CT molecular complexity index is 468. The minimum absolute atomic E-state index is 0.137. The number of para-hydroxylation sites is 1. The van der Waals surface area contributed by atoms with Crippen LogP contribution in [-0.2, 0) is 16.1 Å². The van der Waals surface area contributed by atoms with E-state index in [9.17, 15) is 4.79 Å². The van der Waals surface area contributed by atoms with Gasteiger partial charge in [0.2, 0.25) is 5.91 Å². The summed E-state index contributed by atoms with van der Waals surface area (Å²) in [5, 5.41) is 6.46. The number of benzene rings is 1. The quantitative estimate of drug-likeness (QED) is 0.812. The fourth-order valence-electron chi connectivity index (χ4n) is 2.98. The number of hydrogen-bond acceptors (Lipinski definition) is 3. The maximum atomic E-state index is 12.8. The molecule has 0 bridgehead atoms. The van der Waals surface area contributed by atoms with Crippen molar-refractivity contribution in [2.45, 2.75) is 39.7 Å². The SMILES string of the molecule is CCCC1(C(=O)Nc2ccccc2COCC)CCNC1. The van der Waals surface area contributed by atoms with E-state index >= 15 is 0 Å². The molecule has 1 heterocycles. The summed E-state index contributed by atoms with van der Waals surface area (Å²) in [6.07, 6.45) is 2.87. The molecule has 4 heteroatoms. The Morgan fingerprint density at radius 1 is 1.38 bits per heavy atom. The molecule has 1 aromatic carbocycles. The van der Waals surface area contributed by atoms with Crippen LogP contribution in [0.15, 0.2) is 24.3 Å². The van der Waals surface area contributed by atoms with Crippen molar-refractivity contribution >= 4 is 11.6 Å². The van der Waals surface area contributed by atoms with Crippen molar-refractivity contribution in [2.75, 3.05) is 25.0 Å². The van der Waals surface area contributed by atoms with Crippen LogP contribution >= 0.6 is 0 Å². The summed E-state index contributed by atoms with van der Waals surface area (Å²) >= 11 is 0. The monoisotopic (exact) mass is 290 g/mol. The van der Waals surface area contributed by atoms with Crippen molar-refractivity contribution < 1.29 is 9.53 Å². The molecule has 1 atom stereocenters. The van der Waals surface area contributed by atoms with Crippen LogP contribution in [0.5, 0.6) is 0 Å². The zero-order valence-electron chi connectivity index (χ0n) is 13.1. The van der Waals surface area contributed by atoms with Crippen LogP contribution in [0, 0.1) is 5.41 Å². The third-order valence-electron chi connectivity index (χ3n) is 4.18. The third kappa shape index (κ3) is 3.83. The second-order valence-electron chi connectivity index (χ2n) is 5.71. The molecule has 4 nitrogen and oxygen atoms in total. The second-order valence-corrected chi connectivity index (χ2v) is 5.71. The Hall–Kier alpha value is -1.39. The molecule has 21 heavy (non-hydrogen) atoms. The smallest absolute Gasteiger partial charge is 0.231 e. The molecular formula is C17H26N2O2. The van der Waals surface area contributed by atoms with Crippen molar-refractivity contribution in [1.29, 1.82) is 0 Å². The zero-order chi connectivity index (χ0) is 15.1. The molecule has 1 aliphatic heterocycles. The van der Waals surface area contributed by atoms with E-state index in [1.807, 2.05) is 31.2 Å². The van der Waals surface area contributed by atoms with Gasteiger partial charge in [-0.1, -0.05) is 31.5 Å². The van der Waals surface area contributed by atoms with Gasteiger partial charge in [-0.25, -0.2) is 0 Å². The molecule has 0 aliphatic carbocycles. The molecule has 0 radical (unpaired) electrons. The first kappa shape index (κ1) is 16.0. The Kier molecular flexibility index (Phi) is 5.76. The van der Waals surface area contributed by atoms with Crippen LogP contribution in [0.1, 0.15) is 38.7 Å². The topological polar surface area (TPSA) is 50.4 Å². The highest BCUT2D eigenvalue weighted by Crippen LogP contribution is 2.33. The lowest BCUT2D eigenvalue weighted by molar-refractivity contribution is -0.125. The maximum absolute atomic E-state index is 12.8. The van der Waals surface area contributed by atoms with Gasteiger partial charge in [0.15, 0.2) is 0 Å². The van der Waals surface area contributed by atoms with Gasteiger partial charge in [-0.05, 0) is 32.4 Å². The second kappa shape index (κ2) is 7.57. The van der Waals surface area contributed by atoms with Gasteiger partial charge in [-0.3, -0.25) is 4.79 Å². The molecule has 1 saturated heterocycles. The molecule has 0 saturated carbocycles. The molecule has 2 rings (SSSR count). The molecule has 1 aliphatic rings. The van der Waals surface area contributed by atoms with Gasteiger partial charge < -0.3 is 15.4 Å². The van der Waals surface area contributed by atoms with E-state index in [4.69, 9.17) is 4.74 Å². The van der Waals surface area contributed by atoms with E-state index < -0.39 is 0 Å². The van der Waals surface area contributed by atoms with Gasteiger partial charge in [0.1, 0.15) is 0 Å². The van der Waals surface area contributed by atoms with Crippen molar-refractivity contribution in [3.63, 3.8) is 0 Å². The number of hydrogen-bond donors (Lipinski definition) is 2. The molecule has 1 amide bonds. The number of ether oxygens (including phenoxy) is 1. The molecule has 0 aromatic heterocycles. The third-order valence-corrected chi connectivity index (χ3v) is 4.18. The lowest BCUT2D eigenvalue weighted by atomic mass is 9.81. The van der Waals surface area contributed by atoms with Gasteiger partial charge >= 0.3 is 0 Å². The summed E-state index contributed by atoms with van der Waals surface area (Å²) in [4.78, 5) is 12.8. The molecule has 2 N–H and O–H groups in total. The molecule has 1 aromatic rings. The minimum atomic E-state index is -0.256. The molecule has 1 fully saturated rings. The van der Waals surface area contributed by atoms with Gasteiger partial charge in [0.25, 0.3) is 0 Å². The van der Waals surface area contributed by atoms with Crippen LogP contribution in [0.3, 0.4) is 0 Å². The minimum Gasteiger partial charge on any atom is -0.377 e. The largest absolute Gasteiger partial charge is 0.377 e. The fraction of sp³-hybridized carbons (Fsp3) is 0.588. The number of nitrogens with one attached hydrogen (secondary N) is 2. The molecule has 1 unspecified atom stereocenters. The Balaban J connectivity index is 2.11. The fourth-order valence-corrected chi connectivity index (χ4v) is 2.98. The molecular weight excluding hydrogens is 264 g/mol. The van der Waals surface area contributed by atoms with Crippen LogP contribution in [-0.4, -0.2) is 25.6 Å². The average Bonchev–Trinajstić information content (AvgIpc) is 2.97. The standard InChI is InChI=1S/C17H26N2O2/c1-3-9-17(10-11-18-13-17)16(20)19-15-8-6-5-7-14(15)12-21-4-2/h5-8,18H,3-4,9-13H2,1-2H3,(H,19,20). The van der Waals surface area contributed by atoms with E-state index in [1.165, 1.54) is 0 Å². The number of rotatable bonds is 7. The first-order valence-electron chi connectivity index (χ1n) is 7.89. The molecule has 0 spiro atoms. The summed E-state index contributed by atoms with van der Waals surface area (Å²) in [5.41, 5.74) is 1.65. The van der Waals surface area contributed by atoms with Gasteiger partial charge in [0, 0.05) is 24.4 Å². The summed E-state index contributed by atoms with van der Waals surface area (Å²) in [5.74, 6) is 0.137. The van der Waals surface area contributed by atoms with E-state index in [-0.39, 0.29) is 11.3 Å². The number of amides is 1. The van der Waals surface area contributed by atoms with Crippen molar-refractivity contribution in [3.8, 4) is 0 Å². The van der Waals surface area contributed by atoms with Crippen molar-refractivity contribution in [1.82, 2.24) is 5.32 Å². The van der Waals surface area contributed by atoms with Crippen molar-refractivity contribution in [2.24, 2.45) is 5.41 Å².